The van der Waals surface area contributed by atoms with Crippen molar-refractivity contribution in [2.24, 2.45) is 0 Å². The lowest BCUT2D eigenvalue weighted by atomic mass is 10.1. The van der Waals surface area contributed by atoms with Crippen molar-refractivity contribution in [1.82, 2.24) is 9.62 Å². The number of hydrogen-bond donors (Lipinski definition) is 1. The Hall–Kier alpha value is -1.84. The predicted octanol–water partition coefficient (Wildman–Crippen LogP) is 1.39. The summed E-state index contributed by atoms with van der Waals surface area (Å²) in [7, 11) is -3.60. The Morgan fingerprint density at radius 1 is 1.33 bits per heavy atom. The standard InChI is InChI=1S/C15H20N2O3S/c1-5-10-16-15(18)13-9-8-12(4)14(11-13)21(19,20)17(6-2)7-3/h1,8-9,11H,6-7,10H2,2-4H3,(H,16,18). The molecule has 0 saturated heterocycles. The Bertz CT molecular complexity index is 656. The van der Waals surface area contributed by atoms with Crippen LogP contribution in [0.1, 0.15) is 29.8 Å². The summed E-state index contributed by atoms with van der Waals surface area (Å²) >= 11 is 0. The summed E-state index contributed by atoms with van der Waals surface area (Å²) in [6.07, 6.45) is 5.09. The number of nitrogens with zero attached hydrogens (tertiary/aromatic N) is 1. The minimum atomic E-state index is -3.60. The van der Waals surface area contributed by atoms with Gasteiger partial charge in [0.05, 0.1) is 11.4 Å². The van der Waals surface area contributed by atoms with Gasteiger partial charge in [0, 0.05) is 18.7 Å². The molecule has 114 valence electrons. The molecule has 6 heteroatoms. The molecule has 0 unspecified atom stereocenters. The zero-order valence-electron chi connectivity index (χ0n) is 12.5. The van der Waals surface area contributed by atoms with Gasteiger partial charge in [0.15, 0.2) is 0 Å². The average molecular weight is 308 g/mol. The minimum absolute atomic E-state index is 0.102. The Kier molecular flexibility index (Phi) is 5.94. The minimum Gasteiger partial charge on any atom is -0.341 e. The van der Waals surface area contributed by atoms with Gasteiger partial charge in [0.25, 0.3) is 5.91 Å². The van der Waals surface area contributed by atoms with Gasteiger partial charge in [-0.25, -0.2) is 8.42 Å². The van der Waals surface area contributed by atoms with E-state index in [1.54, 1.807) is 32.9 Å². The molecule has 5 nitrogen and oxygen atoms in total. The van der Waals surface area contributed by atoms with Gasteiger partial charge in [-0.15, -0.1) is 6.42 Å². The molecule has 0 saturated carbocycles. The lowest BCUT2D eigenvalue weighted by Gasteiger charge is -2.20. The number of hydrogen-bond acceptors (Lipinski definition) is 3. The molecule has 0 heterocycles. The smallest absolute Gasteiger partial charge is 0.252 e. The van der Waals surface area contributed by atoms with Gasteiger partial charge in [-0.2, -0.15) is 4.31 Å². The zero-order chi connectivity index (χ0) is 16.0. The van der Waals surface area contributed by atoms with E-state index in [-0.39, 0.29) is 22.9 Å². The fourth-order valence-electron chi connectivity index (χ4n) is 1.96. The SMILES string of the molecule is C#CCNC(=O)c1ccc(C)c(S(=O)(=O)N(CC)CC)c1. The Balaban J connectivity index is 3.26. The molecule has 1 aromatic carbocycles. The summed E-state index contributed by atoms with van der Waals surface area (Å²) in [5.74, 6) is 1.92. The number of benzene rings is 1. The number of terminal acetylenes is 1. The molecule has 0 aromatic heterocycles. The average Bonchev–Trinajstić information content (AvgIpc) is 2.46. The summed E-state index contributed by atoms with van der Waals surface area (Å²) in [4.78, 5) is 12.0. The second-order valence-corrected chi connectivity index (χ2v) is 6.36. The van der Waals surface area contributed by atoms with Gasteiger partial charge in [-0.3, -0.25) is 4.79 Å². The van der Waals surface area contributed by atoms with Crippen LogP contribution in [0.2, 0.25) is 0 Å². The third kappa shape index (κ3) is 3.84. The molecule has 0 aliphatic rings. The van der Waals surface area contributed by atoms with Crippen LogP contribution in [-0.4, -0.2) is 38.3 Å². The summed E-state index contributed by atoms with van der Waals surface area (Å²) in [5, 5.41) is 2.52. The quantitative estimate of drug-likeness (QED) is 0.808. The fourth-order valence-corrected chi connectivity index (χ4v) is 3.66. The number of carbonyl (C=O) groups is 1. The van der Waals surface area contributed by atoms with E-state index >= 15 is 0 Å². The number of nitrogens with one attached hydrogen (secondary N) is 1. The maximum atomic E-state index is 12.6. The van der Waals surface area contributed by atoms with Gasteiger partial charge in [0.2, 0.25) is 10.0 Å². The van der Waals surface area contributed by atoms with Gasteiger partial charge in [-0.05, 0) is 24.6 Å². The van der Waals surface area contributed by atoms with E-state index < -0.39 is 10.0 Å². The number of sulfonamides is 1. The molecule has 1 amide bonds. The summed E-state index contributed by atoms with van der Waals surface area (Å²) in [6.45, 7) is 6.13. The largest absolute Gasteiger partial charge is 0.341 e. The van der Waals surface area contributed by atoms with E-state index in [0.29, 0.717) is 18.7 Å². The third-order valence-electron chi connectivity index (χ3n) is 3.12. The Morgan fingerprint density at radius 3 is 2.48 bits per heavy atom. The first-order valence-electron chi connectivity index (χ1n) is 6.70. The van der Waals surface area contributed by atoms with Gasteiger partial charge >= 0.3 is 0 Å². The first-order valence-corrected chi connectivity index (χ1v) is 8.14. The maximum absolute atomic E-state index is 12.6. The number of rotatable bonds is 6. The molecule has 0 radical (unpaired) electrons. The molecule has 0 spiro atoms. The highest BCUT2D eigenvalue weighted by Gasteiger charge is 2.24. The van der Waals surface area contributed by atoms with Crippen molar-refractivity contribution in [1.29, 1.82) is 0 Å². The topological polar surface area (TPSA) is 66.5 Å². The highest BCUT2D eigenvalue weighted by atomic mass is 32.2. The first kappa shape index (κ1) is 17.2. The van der Waals surface area contributed by atoms with Crippen LogP contribution in [0.4, 0.5) is 0 Å². The lowest BCUT2D eigenvalue weighted by molar-refractivity contribution is 0.0958. The number of amides is 1. The molecule has 0 aliphatic carbocycles. The van der Waals surface area contributed by atoms with Crippen molar-refractivity contribution in [2.45, 2.75) is 25.7 Å². The first-order chi connectivity index (χ1) is 9.88. The molecule has 0 fully saturated rings. The molecular weight excluding hydrogens is 288 g/mol. The highest BCUT2D eigenvalue weighted by molar-refractivity contribution is 7.89. The van der Waals surface area contributed by atoms with Crippen molar-refractivity contribution >= 4 is 15.9 Å². The molecule has 1 rings (SSSR count). The zero-order valence-corrected chi connectivity index (χ0v) is 13.3. The second kappa shape index (κ2) is 7.25. The van der Waals surface area contributed by atoms with Gasteiger partial charge < -0.3 is 5.32 Å². The summed E-state index contributed by atoms with van der Waals surface area (Å²) in [6, 6.07) is 4.61. The van der Waals surface area contributed by atoms with Crippen molar-refractivity contribution in [2.75, 3.05) is 19.6 Å². The number of carbonyl (C=O) groups excluding carboxylic acids is 1. The van der Waals surface area contributed by atoms with E-state index in [1.165, 1.54) is 10.4 Å². The van der Waals surface area contributed by atoms with Crippen molar-refractivity contribution in [3.05, 3.63) is 29.3 Å². The van der Waals surface area contributed by atoms with E-state index in [1.807, 2.05) is 0 Å². The molecular formula is C15H20N2O3S. The third-order valence-corrected chi connectivity index (χ3v) is 5.32. The molecule has 0 atom stereocenters. The van der Waals surface area contributed by atoms with Crippen LogP contribution in [0.3, 0.4) is 0 Å². The van der Waals surface area contributed by atoms with Crippen LogP contribution < -0.4 is 5.32 Å². The van der Waals surface area contributed by atoms with Crippen LogP contribution in [0.15, 0.2) is 23.1 Å². The Morgan fingerprint density at radius 2 is 1.95 bits per heavy atom. The fraction of sp³-hybridized carbons (Fsp3) is 0.400. The molecule has 0 bridgehead atoms. The monoisotopic (exact) mass is 308 g/mol. The Labute approximate surface area is 126 Å². The van der Waals surface area contributed by atoms with Crippen LogP contribution in [0.25, 0.3) is 0 Å². The molecule has 21 heavy (non-hydrogen) atoms. The van der Waals surface area contributed by atoms with E-state index in [2.05, 4.69) is 11.2 Å². The van der Waals surface area contributed by atoms with Gasteiger partial charge in [-0.1, -0.05) is 25.8 Å². The van der Waals surface area contributed by atoms with Crippen molar-refractivity contribution < 1.29 is 13.2 Å². The normalized spacial score (nSPS) is 11.2. The van der Waals surface area contributed by atoms with Crippen molar-refractivity contribution in [3.8, 4) is 12.3 Å². The molecule has 1 aromatic rings. The molecule has 1 N–H and O–H groups in total. The van der Waals surface area contributed by atoms with E-state index in [0.717, 1.165) is 0 Å². The van der Waals surface area contributed by atoms with Crippen LogP contribution >= 0.6 is 0 Å². The second-order valence-electron chi connectivity index (χ2n) is 4.46. The lowest BCUT2D eigenvalue weighted by Crippen LogP contribution is -2.31. The molecule has 0 aliphatic heterocycles. The van der Waals surface area contributed by atoms with Crippen LogP contribution in [-0.2, 0) is 10.0 Å². The summed E-state index contributed by atoms with van der Waals surface area (Å²) in [5.41, 5.74) is 0.886. The summed E-state index contributed by atoms with van der Waals surface area (Å²) < 4.78 is 26.5. The van der Waals surface area contributed by atoms with Gasteiger partial charge in [0.1, 0.15) is 0 Å². The van der Waals surface area contributed by atoms with Crippen LogP contribution in [0.5, 0.6) is 0 Å². The van der Waals surface area contributed by atoms with Crippen LogP contribution in [0, 0.1) is 19.3 Å². The maximum Gasteiger partial charge on any atom is 0.252 e. The number of aryl methyl sites for hydroxylation is 1. The van der Waals surface area contributed by atoms with Crippen molar-refractivity contribution in [3.63, 3.8) is 0 Å². The van der Waals surface area contributed by atoms with E-state index in [4.69, 9.17) is 6.42 Å². The highest BCUT2D eigenvalue weighted by Crippen LogP contribution is 2.21. The predicted molar refractivity (Wildman–Crippen MR) is 82.5 cm³/mol. The van der Waals surface area contributed by atoms with E-state index in [9.17, 15) is 13.2 Å².